The van der Waals surface area contributed by atoms with Crippen LogP contribution in [-0.2, 0) is 11.2 Å². The summed E-state index contributed by atoms with van der Waals surface area (Å²) < 4.78 is 0. The van der Waals surface area contributed by atoms with Crippen LogP contribution in [0.5, 0.6) is 0 Å². The molecule has 1 aromatic rings. The van der Waals surface area contributed by atoms with E-state index >= 15 is 0 Å². The van der Waals surface area contributed by atoms with Crippen molar-refractivity contribution in [3.63, 3.8) is 0 Å². The molecule has 0 N–H and O–H groups in total. The SMILES string of the molecule is CC(C)c1ccc(CCN2CCC(=O)CC2)cc1. The molecule has 0 atom stereocenters. The fourth-order valence-electron chi connectivity index (χ4n) is 2.38. The number of ketones is 1. The van der Waals surface area contributed by atoms with Crippen LogP contribution in [0.15, 0.2) is 24.3 Å². The van der Waals surface area contributed by atoms with Crippen LogP contribution in [0.4, 0.5) is 0 Å². The summed E-state index contributed by atoms with van der Waals surface area (Å²) in [6.07, 6.45) is 2.57. The van der Waals surface area contributed by atoms with E-state index in [1.165, 1.54) is 11.1 Å². The zero-order valence-corrected chi connectivity index (χ0v) is 11.5. The summed E-state index contributed by atoms with van der Waals surface area (Å²) >= 11 is 0. The van der Waals surface area contributed by atoms with Crippen molar-refractivity contribution >= 4 is 5.78 Å². The Morgan fingerprint density at radius 1 is 1.11 bits per heavy atom. The highest BCUT2D eigenvalue weighted by molar-refractivity contribution is 5.79. The van der Waals surface area contributed by atoms with Crippen LogP contribution in [0.2, 0.25) is 0 Å². The highest BCUT2D eigenvalue weighted by Gasteiger charge is 2.15. The standard InChI is InChI=1S/C16H23NO/c1-13(2)15-5-3-14(4-6-15)7-10-17-11-8-16(18)9-12-17/h3-6,13H,7-12H2,1-2H3. The third kappa shape index (κ3) is 3.67. The van der Waals surface area contributed by atoms with E-state index in [4.69, 9.17) is 0 Å². The first-order valence-corrected chi connectivity index (χ1v) is 6.98. The topological polar surface area (TPSA) is 20.3 Å². The zero-order chi connectivity index (χ0) is 13.0. The lowest BCUT2D eigenvalue weighted by Gasteiger charge is -2.25. The summed E-state index contributed by atoms with van der Waals surface area (Å²) in [5.74, 6) is 1.03. The summed E-state index contributed by atoms with van der Waals surface area (Å²) in [6.45, 7) is 7.42. The molecule has 2 rings (SSSR count). The van der Waals surface area contributed by atoms with Gasteiger partial charge in [0.2, 0.25) is 0 Å². The molecule has 18 heavy (non-hydrogen) atoms. The quantitative estimate of drug-likeness (QED) is 0.812. The van der Waals surface area contributed by atoms with E-state index in [9.17, 15) is 4.79 Å². The Morgan fingerprint density at radius 2 is 1.72 bits per heavy atom. The van der Waals surface area contributed by atoms with Crippen molar-refractivity contribution < 1.29 is 4.79 Å². The van der Waals surface area contributed by atoms with Gasteiger partial charge in [0.15, 0.2) is 0 Å². The van der Waals surface area contributed by atoms with Gasteiger partial charge in [-0.15, -0.1) is 0 Å². The summed E-state index contributed by atoms with van der Waals surface area (Å²) in [5.41, 5.74) is 2.80. The molecular weight excluding hydrogens is 222 g/mol. The number of Topliss-reactive ketones (excluding diaryl/α,β-unsaturated/α-hetero) is 1. The molecule has 1 fully saturated rings. The maximum atomic E-state index is 11.2. The predicted molar refractivity (Wildman–Crippen MR) is 74.9 cm³/mol. The van der Waals surface area contributed by atoms with E-state index in [0.29, 0.717) is 11.7 Å². The number of likely N-dealkylation sites (tertiary alicyclic amines) is 1. The van der Waals surface area contributed by atoms with Gasteiger partial charge in [0.1, 0.15) is 5.78 Å². The van der Waals surface area contributed by atoms with Gasteiger partial charge in [-0.05, 0) is 23.5 Å². The molecule has 0 unspecified atom stereocenters. The number of rotatable bonds is 4. The van der Waals surface area contributed by atoms with Gasteiger partial charge in [-0.2, -0.15) is 0 Å². The van der Waals surface area contributed by atoms with Gasteiger partial charge < -0.3 is 4.90 Å². The van der Waals surface area contributed by atoms with Crippen LogP contribution >= 0.6 is 0 Å². The first kappa shape index (κ1) is 13.3. The van der Waals surface area contributed by atoms with Crippen molar-refractivity contribution in [1.82, 2.24) is 4.90 Å². The molecule has 1 saturated heterocycles. The molecule has 2 heteroatoms. The molecule has 0 radical (unpaired) electrons. The second-order valence-corrected chi connectivity index (χ2v) is 5.53. The van der Waals surface area contributed by atoms with Gasteiger partial charge in [-0.1, -0.05) is 38.1 Å². The number of hydrogen-bond acceptors (Lipinski definition) is 2. The summed E-state index contributed by atoms with van der Waals surface area (Å²) in [5, 5.41) is 0. The van der Waals surface area contributed by atoms with Crippen LogP contribution in [-0.4, -0.2) is 30.3 Å². The monoisotopic (exact) mass is 245 g/mol. The lowest BCUT2D eigenvalue weighted by molar-refractivity contribution is -0.121. The van der Waals surface area contributed by atoms with Crippen molar-refractivity contribution in [2.75, 3.05) is 19.6 Å². The fourth-order valence-corrected chi connectivity index (χ4v) is 2.38. The lowest BCUT2D eigenvalue weighted by Crippen LogP contribution is -2.35. The van der Waals surface area contributed by atoms with Gasteiger partial charge in [-0.25, -0.2) is 0 Å². The normalized spacial score (nSPS) is 17.4. The summed E-state index contributed by atoms with van der Waals surface area (Å²) in [6, 6.07) is 8.95. The minimum atomic E-state index is 0.424. The molecule has 1 aliphatic heterocycles. The van der Waals surface area contributed by atoms with Crippen molar-refractivity contribution in [2.45, 2.75) is 39.0 Å². The first-order valence-electron chi connectivity index (χ1n) is 6.98. The number of piperidine rings is 1. The largest absolute Gasteiger partial charge is 0.302 e. The lowest BCUT2D eigenvalue weighted by atomic mass is 10.0. The van der Waals surface area contributed by atoms with Gasteiger partial charge in [0, 0.05) is 32.5 Å². The Kier molecular flexibility index (Phi) is 4.54. The molecule has 0 amide bonds. The Morgan fingerprint density at radius 3 is 2.28 bits per heavy atom. The molecular formula is C16H23NO. The number of nitrogens with zero attached hydrogens (tertiary/aromatic N) is 1. The van der Waals surface area contributed by atoms with Crippen LogP contribution in [0.1, 0.15) is 43.7 Å². The van der Waals surface area contributed by atoms with Gasteiger partial charge >= 0.3 is 0 Å². The smallest absolute Gasteiger partial charge is 0.135 e. The van der Waals surface area contributed by atoms with Crippen LogP contribution < -0.4 is 0 Å². The highest BCUT2D eigenvalue weighted by atomic mass is 16.1. The summed E-state index contributed by atoms with van der Waals surface area (Å²) in [4.78, 5) is 13.6. The van der Waals surface area contributed by atoms with Crippen LogP contribution in [0, 0.1) is 0 Å². The highest BCUT2D eigenvalue weighted by Crippen LogP contribution is 2.15. The van der Waals surface area contributed by atoms with Gasteiger partial charge in [0.25, 0.3) is 0 Å². The number of carbonyl (C=O) groups excluding carboxylic acids is 1. The molecule has 2 nitrogen and oxygen atoms in total. The van der Waals surface area contributed by atoms with Gasteiger partial charge in [0.05, 0.1) is 0 Å². The van der Waals surface area contributed by atoms with Crippen molar-refractivity contribution in [2.24, 2.45) is 0 Å². The third-order valence-electron chi connectivity index (χ3n) is 3.78. The molecule has 1 heterocycles. The van der Waals surface area contributed by atoms with Crippen LogP contribution in [0.25, 0.3) is 0 Å². The van der Waals surface area contributed by atoms with Crippen LogP contribution in [0.3, 0.4) is 0 Å². The zero-order valence-electron chi connectivity index (χ0n) is 11.5. The Hall–Kier alpha value is -1.15. The average Bonchev–Trinajstić information content (AvgIpc) is 2.38. The maximum Gasteiger partial charge on any atom is 0.135 e. The number of benzene rings is 1. The maximum absolute atomic E-state index is 11.2. The average molecular weight is 245 g/mol. The van der Waals surface area contributed by atoms with Crippen molar-refractivity contribution in [3.8, 4) is 0 Å². The van der Waals surface area contributed by atoms with Crippen molar-refractivity contribution in [3.05, 3.63) is 35.4 Å². The molecule has 1 aromatic carbocycles. The fraction of sp³-hybridized carbons (Fsp3) is 0.562. The van der Waals surface area contributed by atoms with Gasteiger partial charge in [-0.3, -0.25) is 4.79 Å². The van der Waals surface area contributed by atoms with E-state index in [1.807, 2.05) is 0 Å². The molecule has 0 aromatic heterocycles. The molecule has 0 saturated carbocycles. The molecule has 0 spiro atoms. The molecule has 0 bridgehead atoms. The summed E-state index contributed by atoms with van der Waals surface area (Å²) in [7, 11) is 0. The first-order chi connectivity index (χ1) is 8.65. The molecule has 0 aliphatic carbocycles. The van der Waals surface area contributed by atoms with Crippen molar-refractivity contribution in [1.29, 1.82) is 0 Å². The Bertz CT molecular complexity index is 384. The molecule has 98 valence electrons. The predicted octanol–water partition coefficient (Wildman–Crippen LogP) is 3.02. The Labute approximate surface area is 110 Å². The number of hydrogen-bond donors (Lipinski definition) is 0. The van der Waals surface area contributed by atoms with E-state index in [-0.39, 0.29) is 0 Å². The second-order valence-electron chi connectivity index (χ2n) is 5.53. The van der Waals surface area contributed by atoms with E-state index in [1.54, 1.807) is 0 Å². The minimum absolute atomic E-state index is 0.424. The Balaban J connectivity index is 1.81. The second kappa shape index (κ2) is 6.14. The van der Waals surface area contributed by atoms with E-state index in [0.717, 1.165) is 38.9 Å². The third-order valence-corrected chi connectivity index (χ3v) is 3.78. The molecule has 1 aliphatic rings. The van der Waals surface area contributed by atoms with E-state index in [2.05, 4.69) is 43.0 Å². The number of carbonyl (C=O) groups is 1. The minimum Gasteiger partial charge on any atom is -0.302 e. The van der Waals surface area contributed by atoms with E-state index < -0.39 is 0 Å².